The van der Waals surface area contributed by atoms with Gasteiger partial charge in [0.25, 0.3) is 0 Å². The third-order valence-electron chi connectivity index (χ3n) is 2.97. The van der Waals surface area contributed by atoms with Crippen molar-refractivity contribution in [3.8, 4) is 11.5 Å². The standard InChI is InChI=1S/C18H18O3/c1-3-18(19)21-16-12-11-15(13-17(16)20-2)10-9-14-7-5-4-6-8-14/h4-13H,3H2,1-2H3/b10-9+. The van der Waals surface area contributed by atoms with E-state index in [1.807, 2.05) is 54.6 Å². The molecule has 0 aliphatic carbocycles. The molecule has 0 radical (unpaired) electrons. The molecule has 2 rings (SSSR count). The zero-order chi connectivity index (χ0) is 15.1. The van der Waals surface area contributed by atoms with Crippen LogP contribution in [0.2, 0.25) is 0 Å². The third kappa shape index (κ3) is 4.21. The van der Waals surface area contributed by atoms with Crippen molar-refractivity contribution in [1.29, 1.82) is 0 Å². The monoisotopic (exact) mass is 282 g/mol. The first kappa shape index (κ1) is 14.9. The van der Waals surface area contributed by atoms with E-state index in [4.69, 9.17) is 9.47 Å². The van der Waals surface area contributed by atoms with Gasteiger partial charge in [-0.2, -0.15) is 0 Å². The highest BCUT2D eigenvalue weighted by Gasteiger charge is 2.08. The summed E-state index contributed by atoms with van der Waals surface area (Å²) in [5.41, 5.74) is 2.10. The van der Waals surface area contributed by atoms with E-state index in [0.717, 1.165) is 11.1 Å². The van der Waals surface area contributed by atoms with Crippen molar-refractivity contribution in [1.82, 2.24) is 0 Å². The molecule has 2 aromatic rings. The minimum Gasteiger partial charge on any atom is -0.493 e. The Bertz CT molecular complexity index is 630. The van der Waals surface area contributed by atoms with Gasteiger partial charge >= 0.3 is 5.97 Å². The maximum absolute atomic E-state index is 11.4. The van der Waals surface area contributed by atoms with Crippen LogP contribution in [0, 0.1) is 0 Å². The van der Waals surface area contributed by atoms with E-state index in [2.05, 4.69) is 0 Å². The van der Waals surface area contributed by atoms with E-state index in [0.29, 0.717) is 17.9 Å². The van der Waals surface area contributed by atoms with E-state index in [1.165, 1.54) is 0 Å². The molecule has 0 saturated heterocycles. The molecule has 0 spiro atoms. The van der Waals surface area contributed by atoms with Crippen LogP contribution in [0.15, 0.2) is 48.5 Å². The molecule has 0 aliphatic rings. The Hall–Kier alpha value is -2.55. The van der Waals surface area contributed by atoms with Crippen molar-refractivity contribution in [3.05, 3.63) is 59.7 Å². The molecule has 2 aromatic carbocycles. The molecule has 0 atom stereocenters. The second-order valence-corrected chi connectivity index (χ2v) is 4.48. The number of hydrogen-bond acceptors (Lipinski definition) is 3. The molecule has 0 aliphatic heterocycles. The second-order valence-electron chi connectivity index (χ2n) is 4.48. The fourth-order valence-corrected chi connectivity index (χ4v) is 1.82. The van der Waals surface area contributed by atoms with Crippen molar-refractivity contribution in [3.63, 3.8) is 0 Å². The van der Waals surface area contributed by atoms with E-state index in [9.17, 15) is 4.79 Å². The summed E-state index contributed by atoms with van der Waals surface area (Å²) >= 11 is 0. The van der Waals surface area contributed by atoms with Gasteiger partial charge in [-0.05, 0) is 23.3 Å². The van der Waals surface area contributed by atoms with E-state index in [-0.39, 0.29) is 5.97 Å². The average molecular weight is 282 g/mol. The Morgan fingerprint density at radius 1 is 1.00 bits per heavy atom. The smallest absolute Gasteiger partial charge is 0.311 e. The third-order valence-corrected chi connectivity index (χ3v) is 2.97. The van der Waals surface area contributed by atoms with Crippen molar-refractivity contribution in [2.75, 3.05) is 7.11 Å². The Morgan fingerprint density at radius 2 is 1.71 bits per heavy atom. The van der Waals surface area contributed by atoms with E-state index < -0.39 is 0 Å². The Morgan fingerprint density at radius 3 is 2.38 bits per heavy atom. The first-order chi connectivity index (χ1) is 10.2. The summed E-state index contributed by atoms with van der Waals surface area (Å²) in [4.78, 5) is 11.4. The summed E-state index contributed by atoms with van der Waals surface area (Å²) in [7, 11) is 1.56. The highest BCUT2D eigenvalue weighted by Crippen LogP contribution is 2.29. The number of benzene rings is 2. The van der Waals surface area contributed by atoms with Gasteiger partial charge in [-0.1, -0.05) is 55.5 Å². The van der Waals surface area contributed by atoms with Crippen LogP contribution < -0.4 is 9.47 Å². The number of methoxy groups -OCH3 is 1. The van der Waals surface area contributed by atoms with Gasteiger partial charge in [-0.15, -0.1) is 0 Å². The maximum Gasteiger partial charge on any atom is 0.311 e. The van der Waals surface area contributed by atoms with Crippen LogP contribution in [0.5, 0.6) is 11.5 Å². The highest BCUT2D eigenvalue weighted by atomic mass is 16.6. The number of carbonyl (C=O) groups is 1. The number of esters is 1. The van der Waals surface area contributed by atoms with Crippen molar-refractivity contribution in [2.45, 2.75) is 13.3 Å². The normalized spacial score (nSPS) is 10.6. The molecule has 0 bridgehead atoms. The van der Waals surface area contributed by atoms with E-state index >= 15 is 0 Å². The summed E-state index contributed by atoms with van der Waals surface area (Å²) in [6.07, 6.45) is 4.34. The molecule has 0 heterocycles. The molecule has 0 aromatic heterocycles. The molecule has 0 fully saturated rings. The topological polar surface area (TPSA) is 35.5 Å². The van der Waals surface area contributed by atoms with Crippen molar-refractivity contribution >= 4 is 18.1 Å². The number of ether oxygens (including phenoxy) is 2. The summed E-state index contributed by atoms with van der Waals surface area (Å²) in [6, 6.07) is 15.5. The molecule has 108 valence electrons. The SMILES string of the molecule is CCC(=O)Oc1ccc(/C=C/c2ccccc2)cc1OC. The lowest BCUT2D eigenvalue weighted by molar-refractivity contribution is -0.134. The van der Waals surface area contributed by atoms with Crippen LogP contribution in [0.1, 0.15) is 24.5 Å². The van der Waals surface area contributed by atoms with Crippen LogP contribution in [-0.2, 0) is 4.79 Å². The number of rotatable bonds is 5. The highest BCUT2D eigenvalue weighted by molar-refractivity contribution is 5.74. The molecule has 21 heavy (non-hydrogen) atoms. The lowest BCUT2D eigenvalue weighted by Gasteiger charge is -2.09. The zero-order valence-corrected chi connectivity index (χ0v) is 12.2. The Kier molecular flexibility index (Phi) is 5.16. The van der Waals surface area contributed by atoms with Crippen molar-refractivity contribution in [2.24, 2.45) is 0 Å². The van der Waals surface area contributed by atoms with Gasteiger partial charge in [0.05, 0.1) is 7.11 Å². The molecule has 0 unspecified atom stereocenters. The van der Waals surface area contributed by atoms with Gasteiger partial charge in [0.15, 0.2) is 11.5 Å². The molecule has 3 nitrogen and oxygen atoms in total. The van der Waals surface area contributed by atoms with Gasteiger partial charge in [-0.25, -0.2) is 0 Å². The maximum atomic E-state index is 11.4. The van der Waals surface area contributed by atoms with Crippen LogP contribution in [0.4, 0.5) is 0 Å². The fraction of sp³-hybridized carbons (Fsp3) is 0.167. The van der Waals surface area contributed by atoms with Gasteiger partial charge in [0, 0.05) is 6.42 Å². The van der Waals surface area contributed by atoms with Crippen LogP contribution in [0.3, 0.4) is 0 Å². The largest absolute Gasteiger partial charge is 0.493 e. The average Bonchev–Trinajstić information content (AvgIpc) is 2.54. The molecule has 0 amide bonds. The fourth-order valence-electron chi connectivity index (χ4n) is 1.82. The summed E-state index contributed by atoms with van der Waals surface area (Å²) in [6.45, 7) is 1.76. The first-order valence-corrected chi connectivity index (χ1v) is 6.84. The van der Waals surface area contributed by atoms with Gasteiger partial charge in [-0.3, -0.25) is 4.79 Å². The Labute approximate surface area is 124 Å². The molecule has 0 saturated carbocycles. The minimum atomic E-state index is -0.277. The predicted octanol–water partition coefficient (Wildman–Crippen LogP) is 4.18. The zero-order valence-electron chi connectivity index (χ0n) is 12.2. The summed E-state index contributed by atoms with van der Waals surface area (Å²) < 4.78 is 10.5. The van der Waals surface area contributed by atoms with Gasteiger partial charge in [0.1, 0.15) is 0 Å². The van der Waals surface area contributed by atoms with Gasteiger partial charge in [0.2, 0.25) is 0 Å². The predicted molar refractivity (Wildman–Crippen MR) is 84.3 cm³/mol. The number of hydrogen-bond donors (Lipinski definition) is 0. The van der Waals surface area contributed by atoms with E-state index in [1.54, 1.807) is 20.1 Å². The molecule has 3 heteroatoms. The van der Waals surface area contributed by atoms with Crippen LogP contribution >= 0.6 is 0 Å². The summed E-state index contributed by atoms with van der Waals surface area (Å²) in [5.74, 6) is 0.717. The quantitative estimate of drug-likeness (QED) is 0.469. The van der Waals surface area contributed by atoms with Gasteiger partial charge < -0.3 is 9.47 Å². The first-order valence-electron chi connectivity index (χ1n) is 6.84. The molecular weight excluding hydrogens is 264 g/mol. The number of carbonyl (C=O) groups excluding carboxylic acids is 1. The van der Waals surface area contributed by atoms with Crippen molar-refractivity contribution < 1.29 is 14.3 Å². The molecular formula is C18H18O3. The lowest BCUT2D eigenvalue weighted by Crippen LogP contribution is -2.06. The summed E-state index contributed by atoms with van der Waals surface area (Å²) in [5, 5.41) is 0. The Balaban J connectivity index is 2.19. The van der Waals surface area contributed by atoms with Crippen LogP contribution in [0.25, 0.3) is 12.2 Å². The van der Waals surface area contributed by atoms with Crippen LogP contribution in [-0.4, -0.2) is 13.1 Å². The second kappa shape index (κ2) is 7.29. The molecule has 0 N–H and O–H groups in total. The lowest BCUT2D eigenvalue weighted by atomic mass is 10.1. The minimum absolute atomic E-state index is 0.277.